The SMILES string of the molecule is CS(=O)(=O)C1CC(O)(CCN)C1. The summed E-state index contributed by atoms with van der Waals surface area (Å²) in [5.41, 5.74) is 4.47. The number of nitrogens with two attached hydrogens (primary N) is 1. The van der Waals surface area contributed by atoms with Crippen molar-refractivity contribution >= 4 is 9.84 Å². The molecule has 0 heterocycles. The Kier molecular flexibility index (Phi) is 2.47. The Labute approximate surface area is 72.7 Å². The smallest absolute Gasteiger partial charge is 0.150 e. The molecule has 1 saturated carbocycles. The third-order valence-electron chi connectivity index (χ3n) is 2.43. The molecule has 12 heavy (non-hydrogen) atoms. The molecule has 1 rings (SSSR count). The summed E-state index contributed by atoms with van der Waals surface area (Å²) in [5, 5.41) is 9.25. The molecule has 4 nitrogen and oxygen atoms in total. The highest BCUT2D eigenvalue weighted by Gasteiger charge is 2.46. The second-order valence-corrected chi connectivity index (χ2v) is 5.95. The Hall–Kier alpha value is -0.130. The Morgan fingerprint density at radius 3 is 2.42 bits per heavy atom. The molecule has 0 spiro atoms. The van der Waals surface area contributed by atoms with E-state index in [1.54, 1.807) is 0 Å². The third-order valence-corrected chi connectivity index (χ3v) is 3.97. The normalized spacial score (nSPS) is 36.1. The zero-order chi connectivity index (χ0) is 9.41. The highest BCUT2D eigenvalue weighted by atomic mass is 32.2. The molecular formula is C7H15NO3S. The molecule has 0 unspecified atom stereocenters. The van der Waals surface area contributed by atoms with E-state index in [1.807, 2.05) is 0 Å². The van der Waals surface area contributed by atoms with Crippen molar-refractivity contribution in [3.8, 4) is 0 Å². The van der Waals surface area contributed by atoms with E-state index in [0.717, 1.165) is 0 Å². The van der Waals surface area contributed by atoms with Crippen LogP contribution in [-0.4, -0.2) is 37.2 Å². The lowest BCUT2D eigenvalue weighted by Gasteiger charge is -2.42. The van der Waals surface area contributed by atoms with Crippen LogP contribution in [0.5, 0.6) is 0 Å². The van der Waals surface area contributed by atoms with E-state index in [1.165, 1.54) is 6.26 Å². The fourth-order valence-corrected chi connectivity index (χ4v) is 2.79. The first kappa shape index (κ1) is 9.95. The minimum Gasteiger partial charge on any atom is -0.390 e. The Morgan fingerprint density at radius 2 is 2.08 bits per heavy atom. The van der Waals surface area contributed by atoms with Gasteiger partial charge in [-0.3, -0.25) is 0 Å². The van der Waals surface area contributed by atoms with Crippen molar-refractivity contribution in [2.75, 3.05) is 12.8 Å². The summed E-state index contributed by atoms with van der Waals surface area (Å²) in [6.45, 7) is 0.410. The van der Waals surface area contributed by atoms with E-state index in [2.05, 4.69) is 0 Å². The molecule has 1 aliphatic rings. The molecule has 1 aliphatic carbocycles. The van der Waals surface area contributed by atoms with Gasteiger partial charge >= 0.3 is 0 Å². The fourth-order valence-electron chi connectivity index (χ4n) is 1.56. The summed E-state index contributed by atoms with van der Waals surface area (Å²) < 4.78 is 21.9. The summed E-state index contributed by atoms with van der Waals surface area (Å²) >= 11 is 0. The molecule has 72 valence electrons. The minimum atomic E-state index is -2.96. The summed E-state index contributed by atoms with van der Waals surface area (Å²) in [6, 6.07) is 0. The number of hydrogen-bond acceptors (Lipinski definition) is 4. The van der Waals surface area contributed by atoms with Crippen LogP contribution in [0.3, 0.4) is 0 Å². The van der Waals surface area contributed by atoms with Crippen LogP contribution in [0.15, 0.2) is 0 Å². The largest absolute Gasteiger partial charge is 0.390 e. The van der Waals surface area contributed by atoms with E-state index < -0.39 is 15.4 Å². The van der Waals surface area contributed by atoms with Crippen LogP contribution in [0.4, 0.5) is 0 Å². The van der Waals surface area contributed by atoms with Gasteiger partial charge in [0.15, 0.2) is 9.84 Å². The van der Waals surface area contributed by atoms with Gasteiger partial charge in [-0.25, -0.2) is 8.42 Å². The third kappa shape index (κ3) is 1.97. The predicted molar refractivity (Wildman–Crippen MR) is 46.5 cm³/mol. The summed E-state index contributed by atoms with van der Waals surface area (Å²) in [6.07, 6.45) is 2.41. The van der Waals surface area contributed by atoms with E-state index in [9.17, 15) is 13.5 Å². The highest BCUT2D eigenvalue weighted by Crippen LogP contribution is 2.38. The molecular weight excluding hydrogens is 178 g/mol. The average molecular weight is 193 g/mol. The maximum absolute atomic E-state index is 11.0. The average Bonchev–Trinajstić information content (AvgIpc) is 1.81. The quantitative estimate of drug-likeness (QED) is 0.619. The van der Waals surface area contributed by atoms with Crippen molar-refractivity contribution in [1.29, 1.82) is 0 Å². The molecule has 0 atom stereocenters. The molecule has 0 aromatic carbocycles. The molecule has 0 aromatic rings. The van der Waals surface area contributed by atoms with Crippen LogP contribution in [0.1, 0.15) is 19.3 Å². The first-order valence-electron chi connectivity index (χ1n) is 3.99. The van der Waals surface area contributed by atoms with Gasteiger partial charge in [0.25, 0.3) is 0 Å². The maximum atomic E-state index is 11.0. The number of aliphatic hydroxyl groups is 1. The van der Waals surface area contributed by atoms with Crippen molar-refractivity contribution in [1.82, 2.24) is 0 Å². The lowest BCUT2D eigenvalue weighted by atomic mass is 9.77. The van der Waals surface area contributed by atoms with Gasteiger partial charge in [-0.1, -0.05) is 0 Å². The number of sulfone groups is 1. The monoisotopic (exact) mass is 193 g/mol. The van der Waals surface area contributed by atoms with E-state index in [4.69, 9.17) is 5.73 Å². The topological polar surface area (TPSA) is 80.4 Å². The molecule has 3 N–H and O–H groups in total. The van der Waals surface area contributed by atoms with Gasteiger partial charge in [0.1, 0.15) is 0 Å². The van der Waals surface area contributed by atoms with Gasteiger partial charge < -0.3 is 10.8 Å². The molecule has 0 bridgehead atoms. The maximum Gasteiger partial charge on any atom is 0.150 e. The van der Waals surface area contributed by atoms with Crippen LogP contribution in [0.2, 0.25) is 0 Å². The summed E-state index contributed by atoms with van der Waals surface area (Å²) in [5.74, 6) is 0. The minimum absolute atomic E-state index is 0.350. The van der Waals surface area contributed by atoms with Gasteiger partial charge in [-0.05, 0) is 25.8 Å². The van der Waals surface area contributed by atoms with Crippen LogP contribution in [-0.2, 0) is 9.84 Å². The van der Waals surface area contributed by atoms with Crippen molar-refractivity contribution < 1.29 is 13.5 Å². The van der Waals surface area contributed by atoms with E-state index >= 15 is 0 Å². The van der Waals surface area contributed by atoms with E-state index in [-0.39, 0.29) is 5.25 Å². The summed E-state index contributed by atoms with van der Waals surface area (Å²) in [7, 11) is -2.96. The first-order chi connectivity index (χ1) is 5.37. The highest BCUT2D eigenvalue weighted by molar-refractivity contribution is 7.91. The molecule has 0 aromatic heterocycles. The van der Waals surface area contributed by atoms with Gasteiger partial charge in [0, 0.05) is 6.26 Å². The van der Waals surface area contributed by atoms with E-state index in [0.29, 0.717) is 25.8 Å². The van der Waals surface area contributed by atoms with Crippen LogP contribution in [0.25, 0.3) is 0 Å². The van der Waals surface area contributed by atoms with Crippen LogP contribution >= 0.6 is 0 Å². The van der Waals surface area contributed by atoms with Crippen molar-refractivity contribution in [3.05, 3.63) is 0 Å². The lowest BCUT2D eigenvalue weighted by molar-refractivity contribution is -0.0347. The van der Waals surface area contributed by atoms with Crippen LogP contribution < -0.4 is 5.73 Å². The summed E-state index contributed by atoms with van der Waals surface area (Å²) in [4.78, 5) is 0. The second-order valence-electron chi connectivity index (χ2n) is 3.62. The van der Waals surface area contributed by atoms with Crippen molar-refractivity contribution in [3.63, 3.8) is 0 Å². The van der Waals surface area contributed by atoms with Gasteiger partial charge in [-0.15, -0.1) is 0 Å². The first-order valence-corrected chi connectivity index (χ1v) is 5.94. The standard InChI is InChI=1S/C7H15NO3S/c1-12(10,11)6-4-7(9,5-6)2-3-8/h6,9H,2-5,8H2,1H3. The van der Waals surface area contributed by atoms with Gasteiger partial charge in [0.05, 0.1) is 10.9 Å². The predicted octanol–water partition coefficient (Wildman–Crippen LogP) is -0.727. The Balaban J connectivity index is 2.47. The van der Waals surface area contributed by atoms with Crippen LogP contribution in [0, 0.1) is 0 Å². The molecule has 0 aliphatic heterocycles. The number of rotatable bonds is 3. The molecule has 0 radical (unpaired) electrons. The van der Waals surface area contributed by atoms with Crippen molar-refractivity contribution in [2.45, 2.75) is 30.1 Å². The lowest BCUT2D eigenvalue weighted by Crippen LogP contribution is -2.51. The zero-order valence-electron chi connectivity index (χ0n) is 7.16. The molecule has 5 heteroatoms. The Morgan fingerprint density at radius 1 is 1.58 bits per heavy atom. The number of hydrogen-bond donors (Lipinski definition) is 2. The molecule has 0 saturated heterocycles. The van der Waals surface area contributed by atoms with Gasteiger partial charge in [0.2, 0.25) is 0 Å². The fraction of sp³-hybridized carbons (Fsp3) is 1.00. The second kappa shape index (κ2) is 2.97. The van der Waals surface area contributed by atoms with Crippen molar-refractivity contribution in [2.24, 2.45) is 5.73 Å². The Bertz CT molecular complexity index is 254. The molecule has 1 fully saturated rings. The van der Waals surface area contributed by atoms with Gasteiger partial charge in [-0.2, -0.15) is 0 Å². The zero-order valence-corrected chi connectivity index (χ0v) is 7.97. The molecule has 0 amide bonds.